The van der Waals surface area contributed by atoms with Gasteiger partial charge >= 0.3 is 0 Å². The van der Waals surface area contributed by atoms with E-state index in [-0.39, 0.29) is 11.1 Å². The van der Waals surface area contributed by atoms with E-state index in [4.69, 9.17) is 10.5 Å². The molecule has 2 N–H and O–H groups in total. The van der Waals surface area contributed by atoms with Crippen LogP contribution < -0.4 is 10.5 Å². The fraction of sp³-hybridized carbons (Fsp3) is 0.111. The van der Waals surface area contributed by atoms with Crippen molar-refractivity contribution in [3.8, 4) is 28.1 Å². The quantitative estimate of drug-likeness (QED) is 0.801. The van der Waals surface area contributed by atoms with Gasteiger partial charge in [-0.05, 0) is 29.8 Å². The van der Waals surface area contributed by atoms with E-state index in [0.717, 1.165) is 11.3 Å². The van der Waals surface area contributed by atoms with Crippen molar-refractivity contribution in [3.63, 3.8) is 0 Å². The third kappa shape index (κ3) is 2.62. The highest BCUT2D eigenvalue weighted by Crippen LogP contribution is 2.36. The molecule has 3 rings (SSSR count). The average molecular weight is 325 g/mol. The summed E-state index contributed by atoms with van der Waals surface area (Å²) in [5.74, 6) is -1.18. The van der Waals surface area contributed by atoms with Gasteiger partial charge in [0.25, 0.3) is 5.91 Å². The third-order valence-corrected chi connectivity index (χ3v) is 3.86. The van der Waals surface area contributed by atoms with Gasteiger partial charge in [0, 0.05) is 18.8 Å². The molecule has 2 aromatic carbocycles. The molecular weight excluding hydrogens is 309 g/mol. The first-order valence-electron chi connectivity index (χ1n) is 7.28. The lowest BCUT2D eigenvalue weighted by Crippen LogP contribution is -2.14. The summed E-state index contributed by atoms with van der Waals surface area (Å²) in [6.45, 7) is 0. The molecule has 122 valence electrons. The van der Waals surface area contributed by atoms with Crippen molar-refractivity contribution in [2.75, 3.05) is 7.11 Å². The van der Waals surface area contributed by atoms with E-state index in [1.807, 2.05) is 31.3 Å². The summed E-state index contributed by atoms with van der Waals surface area (Å²) in [6.07, 6.45) is 1.69. The molecule has 24 heavy (non-hydrogen) atoms. The standard InChI is InChI=1S/C18H16FN3O2/c1-22-14(8-9-21-22)11-4-3-5-12(10-11)16-15(24-2)7-6-13(17(16)19)18(20)23/h3-10H,1-2H3,(H2,20,23). The summed E-state index contributed by atoms with van der Waals surface area (Å²) in [7, 11) is 3.28. The number of amides is 1. The number of hydrogen-bond donors (Lipinski definition) is 1. The van der Waals surface area contributed by atoms with Crippen molar-refractivity contribution in [1.82, 2.24) is 9.78 Å². The Kier molecular flexibility index (Phi) is 4.04. The van der Waals surface area contributed by atoms with E-state index < -0.39 is 11.7 Å². The summed E-state index contributed by atoms with van der Waals surface area (Å²) in [6, 6.07) is 12.0. The number of rotatable bonds is 4. The minimum absolute atomic E-state index is 0.170. The van der Waals surface area contributed by atoms with Crippen LogP contribution >= 0.6 is 0 Å². The third-order valence-electron chi connectivity index (χ3n) is 3.86. The Bertz CT molecular complexity index is 918. The van der Waals surface area contributed by atoms with E-state index in [1.165, 1.54) is 19.2 Å². The molecule has 1 aromatic heterocycles. The molecule has 6 heteroatoms. The van der Waals surface area contributed by atoms with Crippen molar-refractivity contribution in [2.45, 2.75) is 0 Å². The van der Waals surface area contributed by atoms with Crippen molar-refractivity contribution >= 4 is 5.91 Å². The van der Waals surface area contributed by atoms with E-state index in [0.29, 0.717) is 11.3 Å². The predicted molar refractivity (Wildman–Crippen MR) is 89.1 cm³/mol. The molecule has 1 amide bonds. The number of aryl methyl sites for hydroxylation is 1. The molecule has 3 aromatic rings. The van der Waals surface area contributed by atoms with Gasteiger partial charge in [0.15, 0.2) is 0 Å². The Morgan fingerprint density at radius 2 is 1.96 bits per heavy atom. The monoisotopic (exact) mass is 325 g/mol. The molecule has 0 aliphatic rings. The largest absolute Gasteiger partial charge is 0.496 e. The summed E-state index contributed by atoms with van der Waals surface area (Å²) in [5, 5.41) is 4.14. The number of nitrogens with zero attached hydrogens (tertiary/aromatic N) is 2. The van der Waals surface area contributed by atoms with Crippen LogP contribution in [0.3, 0.4) is 0 Å². The minimum Gasteiger partial charge on any atom is -0.496 e. The van der Waals surface area contributed by atoms with Crippen LogP contribution in [-0.4, -0.2) is 22.8 Å². The molecule has 0 radical (unpaired) electrons. The molecular formula is C18H16FN3O2. The zero-order chi connectivity index (χ0) is 17.3. The second kappa shape index (κ2) is 6.16. The zero-order valence-corrected chi connectivity index (χ0v) is 13.3. The second-order valence-electron chi connectivity index (χ2n) is 5.29. The molecule has 0 bridgehead atoms. The van der Waals surface area contributed by atoms with Crippen molar-refractivity contribution < 1.29 is 13.9 Å². The molecule has 5 nitrogen and oxygen atoms in total. The first-order chi connectivity index (χ1) is 11.5. The second-order valence-corrected chi connectivity index (χ2v) is 5.29. The number of hydrogen-bond acceptors (Lipinski definition) is 3. The van der Waals surface area contributed by atoms with Crippen molar-refractivity contribution in [3.05, 3.63) is 60.0 Å². The molecule has 0 aliphatic heterocycles. The van der Waals surface area contributed by atoms with Crippen LogP contribution in [0.2, 0.25) is 0 Å². The number of aromatic nitrogens is 2. The van der Waals surface area contributed by atoms with Crippen LogP contribution in [0.25, 0.3) is 22.4 Å². The molecule has 0 spiro atoms. The highest BCUT2D eigenvalue weighted by molar-refractivity contribution is 5.95. The zero-order valence-electron chi connectivity index (χ0n) is 13.3. The number of ether oxygens (including phenoxy) is 1. The van der Waals surface area contributed by atoms with Crippen LogP contribution in [0.5, 0.6) is 5.75 Å². The van der Waals surface area contributed by atoms with Gasteiger partial charge in [-0.3, -0.25) is 9.48 Å². The summed E-state index contributed by atoms with van der Waals surface area (Å²) < 4.78 is 21.8. The average Bonchev–Trinajstić information content (AvgIpc) is 3.00. The Balaban J connectivity index is 2.21. The van der Waals surface area contributed by atoms with Gasteiger partial charge in [0.05, 0.1) is 23.9 Å². The summed E-state index contributed by atoms with van der Waals surface area (Å²) >= 11 is 0. The number of carbonyl (C=O) groups is 1. The maximum absolute atomic E-state index is 14.8. The number of primary amides is 1. The van der Waals surface area contributed by atoms with Crippen molar-refractivity contribution in [2.24, 2.45) is 12.8 Å². The maximum atomic E-state index is 14.8. The van der Waals surface area contributed by atoms with Crippen LogP contribution in [0.1, 0.15) is 10.4 Å². The number of methoxy groups -OCH3 is 1. The highest BCUT2D eigenvalue weighted by atomic mass is 19.1. The number of carbonyl (C=O) groups excluding carboxylic acids is 1. The lowest BCUT2D eigenvalue weighted by Gasteiger charge is -2.13. The first kappa shape index (κ1) is 15.7. The van der Waals surface area contributed by atoms with Gasteiger partial charge < -0.3 is 10.5 Å². The summed E-state index contributed by atoms with van der Waals surface area (Å²) in [5.41, 5.74) is 7.64. The van der Waals surface area contributed by atoms with E-state index in [1.54, 1.807) is 16.9 Å². The molecule has 0 saturated carbocycles. The van der Waals surface area contributed by atoms with Gasteiger partial charge in [-0.1, -0.05) is 18.2 Å². The maximum Gasteiger partial charge on any atom is 0.251 e. The van der Waals surface area contributed by atoms with E-state index >= 15 is 0 Å². The van der Waals surface area contributed by atoms with Crippen molar-refractivity contribution in [1.29, 1.82) is 0 Å². The van der Waals surface area contributed by atoms with Gasteiger partial charge in [-0.2, -0.15) is 5.10 Å². The Morgan fingerprint density at radius 3 is 2.58 bits per heavy atom. The van der Waals surface area contributed by atoms with Crippen LogP contribution in [0.15, 0.2) is 48.7 Å². The highest BCUT2D eigenvalue weighted by Gasteiger charge is 2.19. The Labute approximate surface area is 138 Å². The summed E-state index contributed by atoms with van der Waals surface area (Å²) in [4.78, 5) is 11.4. The fourth-order valence-electron chi connectivity index (χ4n) is 2.68. The lowest BCUT2D eigenvalue weighted by molar-refractivity contribution is 0.0996. The lowest BCUT2D eigenvalue weighted by atomic mass is 9.98. The first-order valence-corrected chi connectivity index (χ1v) is 7.28. The normalized spacial score (nSPS) is 10.6. The predicted octanol–water partition coefficient (Wildman–Crippen LogP) is 3.00. The number of halogens is 1. The fourth-order valence-corrected chi connectivity index (χ4v) is 2.68. The van der Waals surface area contributed by atoms with Crippen LogP contribution in [-0.2, 0) is 7.05 Å². The van der Waals surface area contributed by atoms with Gasteiger partial charge in [-0.25, -0.2) is 4.39 Å². The SMILES string of the molecule is COc1ccc(C(N)=O)c(F)c1-c1cccc(-c2ccnn2C)c1. The Hall–Kier alpha value is -3.15. The molecule has 0 fully saturated rings. The topological polar surface area (TPSA) is 70.1 Å². The Morgan fingerprint density at radius 1 is 1.21 bits per heavy atom. The molecule has 0 unspecified atom stereocenters. The van der Waals surface area contributed by atoms with E-state index in [2.05, 4.69) is 5.10 Å². The number of nitrogens with two attached hydrogens (primary N) is 1. The van der Waals surface area contributed by atoms with Crippen LogP contribution in [0, 0.1) is 5.82 Å². The molecule has 0 saturated heterocycles. The minimum atomic E-state index is -0.820. The molecule has 0 atom stereocenters. The van der Waals surface area contributed by atoms with Crippen LogP contribution in [0.4, 0.5) is 4.39 Å². The number of benzene rings is 2. The van der Waals surface area contributed by atoms with Gasteiger partial charge in [0.2, 0.25) is 0 Å². The van der Waals surface area contributed by atoms with Gasteiger partial charge in [-0.15, -0.1) is 0 Å². The van der Waals surface area contributed by atoms with Gasteiger partial charge in [0.1, 0.15) is 11.6 Å². The molecule has 0 aliphatic carbocycles. The molecule has 1 heterocycles. The van der Waals surface area contributed by atoms with E-state index in [9.17, 15) is 9.18 Å². The smallest absolute Gasteiger partial charge is 0.251 e.